The first kappa shape index (κ1) is 17.3. The van der Waals surface area contributed by atoms with E-state index < -0.39 is 0 Å². The molecule has 3 aliphatic rings. The van der Waals surface area contributed by atoms with Crippen molar-refractivity contribution in [1.29, 1.82) is 0 Å². The minimum atomic E-state index is 0.223. The standard InChI is InChI=1S/C21H26N4OS/c26-21(17-13-27-19-6-2-1-5-16(17)19)25-9-3-4-14(12-25)20-23-11-15-10-22-8-7-18(15)24-20/h11,13-14,22H,1-10,12H2/t14-/m1/s1. The summed E-state index contributed by atoms with van der Waals surface area (Å²) in [4.78, 5) is 26.2. The normalized spacial score (nSPS) is 22.2. The Morgan fingerprint density at radius 3 is 3.11 bits per heavy atom. The highest BCUT2D eigenvalue weighted by Gasteiger charge is 2.30. The summed E-state index contributed by atoms with van der Waals surface area (Å²) in [6.07, 6.45) is 9.75. The number of fused-ring (bicyclic) bond motifs is 2. The van der Waals surface area contributed by atoms with Crippen LogP contribution in [0, 0.1) is 0 Å². The number of aryl methyl sites for hydroxylation is 1. The van der Waals surface area contributed by atoms with Crippen molar-refractivity contribution in [1.82, 2.24) is 20.2 Å². The zero-order chi connectivity index (χ0) is 18.2. The fourth-order valence-electron chi connectivity index (χ4n) is 4.66. The van der Waals surface area contributed by atoms with Crippen LogP contribution in [-0.2, 0) is 25.8 Å². The van der Waals surface area contributed by atoms with Gasteiger partial charge < -0.3 is 10.2 Å². The van der Waals surface area contributed by atoms with Crippen molar-refractivity contribution >= 4 is 17.2 Å². The number of carbonyl (C=O) groups is 1. The van der Waals surface area contributed by atoms with E-state index in [2.05, 4.69) is 20.6 Å². The van der Waals surface area contributed by atoms with Gasteiger partial charge in [0.05, 0.1) is 5.56 Å². The van der Waals surface area contributed by atoms with Crippen LogP contribution in [0.4, 0.5) is 0 Å². The van der Waals surface area contributed by atoms with Crippen LogP contribution >= 0.6 is 11.3 Å². The number of piperidine rings is 1. The number of rotatable bonds is 2. The molecule has 5 rings (SSSR count). The molecule has 0 saturated carbocycles. The van der Waals surface area contributed by atoms with Crippen molar-refractivity contribution in [2.75, 3.05) is 19.6 Å². The van der Waals surface area contributed by atoms with Crippen LogP contribution in [0.5, 0.6) is 0 Å². The number of nitrogens with one attached hydrogen (secondary N) is 1. The lowest BCUT2D eigenvalue weighted by Gasteiger charge is -2.32. The number of nitrogens with zero attached hydrogens (tertiary/aromatic N) is 3. The van der Waals surface area contributed by atoms with Gasteiger partial charge in [-0.15, -0.1) is 11.3 Å². The number of amides is 1. The molecule has 2 aliphatic heterocycles. The smallest absolute Gasteiger partial charge is 0.255 e. The Morgan fingerprint density at radius 2 is 2.15 bits per heavy atom. The maximum absolute atomic E-state index is 13.2. The maximum Gasteiger partial charge on any atom is 0.255 e. The molecule has 0 spiro atoms. The molecule has 4 heterocycles. The minimum absolute atomic E-state index is 0.223. The van der Waals surface area contributed by atoms with E-state index in [0.29, 0.717) is 0 Å². The molecule has 2 aromatic heterocycles. The first-order chi connectivity index (χ1) is 13.3. The van der Waals surface area contributed by atoms with E-state index in [4.69, 9.17) is 4.98 Å². The van der Waals surface area contributed by atoms with Gasteiger partial charge in [-0.1, -0.05) is 0 Å². The quantitative estimate of drug-likeness (QED) is 0.867. The molecular weight excluding hydrogens is 356 g/mol. The number of thiophene rings is 1. The Kier molecular flexibility index (Phi) is 4.70. The number of carbonyl (C=O) groups excluding carboxylic acids is 1. The van der Waals surface area contributed by atoms with Crippen LogP contribution in [0.15, 0.2) is 11.6 Å². The fraction of sp³-hybridized carbons (Fsp3) is 0.571. The van der Waals surface area contributed by atoms with E-state index in [9.17, 15) is 4.79 Å². The largest absolute Gasteiger partial charge is 0.338 e. The van der Waals surface area contributed by atoms with Crippen LogP contribution in [0.25, 0.3) is 0 Å². The highest BCUT2D eigenvalue weighted by atomic mass is 32.1. The zero-order valence-electron chi connectivity index (χ0n) is 15.7. The van der Waals surface area contributed by atoms with Gasteiger partial charge in [0.25, 0.3) is 5.91 Å². The van der Waals surface area contributed by atoms with E-state index >= 15 is 0 Å². The van der Waals surface area contributed by atoms with Crippen LogP contribution < -0.4 is 5.32 Å². The van der Waals surface area contributed by atoms with Crippen molar-refractivity contribution in [3.05, 3.63) is 44.7 Å². The topological polar surface area (TPSA) is 58.1 Å². The second kappa shape index (κ2) is 7.32. The summed E-state index contributed by atoms with van der Waals surface area (Å²) in [6.45, 7) is 3.46. The molecule has 2 aromatic rings. The molecule has 0 unspecified atom stereocenters. The molecule has 0 aromatic carbocycles. The number of likely N-dealkylation sites (tertiary alicyclic amines) is 1. The predicted octanol–water partition coefficient (Wildman–Crippen LogP) is 3.08. The van der Waals surface area contributed by atoms with Crippen molar-refractivity contribution in [3.63, 3.8) is 0 Å². The highest BCUT2D eigenvalue weighted by Crippen LogP contribution is 2.33. The van der Waals surface area contributed by atoms with Crippen LogP contribution in [0.2, 0.25) is 0 Å². The summed E-state index contributed by atoms with van der Waals surface area (Å²) in [5.41, 5.74) is 4.71. The lowest BCUT2D eigenvalue weighted by Crippen LogP contribution is -2.40. The van der Waals surface area contributed by atoms with Gasteiger partial charge in [-0.25, -0.2) is 9.97 Å². The molecule has 0 bridgehead atoms. The summed E-state index contributed by atoms with van der Waals surface area (Å²) < 4.78 is 0. The molecule has 27 heavy (non-hydrogen) atoms. The van der Waals surface area contributed by atoms with Gasteiger partial charge in [-0.3, -0.25) is 4.79 Å². The second-order valence-electron chi connectivity index (χ2n) is 7.98. The first-order valence-electron chi connectivity index (χ1n) is 10.2. The Labute approximate surface area is 164 Å². The molecule has 6 heteroatoms. The first-order valence-corrected chi connectivity index (χ1v) is 11.1. The Hall–Kier alpha value is -1.79. The van der Waals surface area contributed by atoms with Crippen molar-refractivity contribution < 1.29 is 4.79 Å². The number of aromatic nitrogens is 2. The van der Waals surface area contributed by atoms with Crippen LogP contribution in [0.3, 0.4) is 0 Å². The predicted molar refractivity (Wildman–Crippen MR) is 106 cm³/mol. The molecule has 142 valence electrons. The Morgan fingerprint density at radius 1 is 1.22 bits per heavy atom. The molecule has 5 nitrogen and oxygen atoms in total. The van der Waals surface area contributed by atoms with E-state index in [1.807, 2.05) is 6.20 Å². The van der Waals surface area contributed by atoms with Gasteiger partial charge in [0.15, 0.2) is 0 Å². The second-order valence-corrected chi connectivity index (χ2v) is 8.94. The lowest BCUT2D eigenvalue weighted by atomic mass is 9.93. The molecule has 1 atom stereocenters. The van der Waals surface area contributed by atoms with E-state index in [1.165, 1.54) is 34.5 Å². The summed E-state index contributed by atoms with van der Waals surface area (Å²) in [7, 11) is 0. The average molecular weight is 383 g/mol. The van der Waals surface area contributed by atoms with E-state index in [0.717, 1.165) is 69.7 Å². The van der Waals surface area contributed by atoms with E-state index in [1.54, 1.807) is 11.3 Å². The van der Waals surface area contributed by atoms with Crippen molar-refractivity contribution in [2.45, 2.75) is 57.4 Å². The third-order valence-corrected chi connectivity index (χ3v) is 7.28. The minimum Gasteiger partial charge on any atom is -0.338 e. The van der Waals surface area contributed by atoms with Gasteiger partial charge in [0.1, 0.15) is 5.82 Å². The third kappa shape index (κ3) is 3.29. The van der Waals surface area contributed by atoms with Crippen molar-refractivity contribution in [2.24, 2.45) is 0 Å². The average Bonchev–Trinajstić information content (AvgIpc) is 3.17. The fourth-order valence-corrected chi connectivity index (χ4v) is 5.78. The molecule has 1 amide bonds. The summed E-state index contributed by atoms with van der Waals surface area (Å²) in [5.74, 6) is 1.42. The third-order valence-electron chi connectivity index (χ3n) is 6.19. The molecule has 1 N–H and O–H groups in total. The Balaban J connectivity index is 1.35. The summed E-state index contributed by atoms with van der Waals surface area (Å²) in [5, 5.41) is 5.47. The summed E-state index contributed by atoms with van der Waals surface area (Å²) >= 11 is 1.78. The van der Waals surface area contributed by atoms with Gasteiger partial charge in [-0.2, -0.15) is 0 Å². The van der Waals surface area contributed by atoms with Crippen molar-refractivity contribution in [3.8, 4) is 0 Å². The lowest BCUT2D eigenvalue weighted by molar-refractivity contribution is 0.0703. The summed E-state index contributed by atoms with van der Waals surface area (Å²) in [6, 6.07) is 0. The maximum atomic E-state index is 13.2. The van der Waals surface area contributed by atoms with E-state index in [-0.39, 0.29) is 11.8 Å². The molecule has 1 fully saturated rings. The molecular formula is C21H26N4OS. The van der Waals surface area contributed by atoms with Gasteiger partial charge in [0.2, 0.25) is 0 Å². The van der Waals surface area contributed by atoms with Gasteiger partial charge >= 0.3 is 0 Å². The number of hydrogen-bond acceptors (Lipinski definition) is 5. The Bertz CT molecular complexity index is 862. The highest BCUT2D eigenvalue weighted by molar-refractivity contribution is 7.10. The van der Waals surface area contributed by atoms with Crippen LogP contribution in [0.1, 0.15) is 69.5 Å². The van der Waals surface area contributed by atoms with Gasteiger partial charge in [0, 0.05) is 66.2 Å². The SMILES string of the molecule is O=C(c1csc2c1CCCC2)N1CCC[C@@H](c2ncc3c(n2)CCNC3)C1. The zero-order valence-corrected chi connectivity index (χ0v) is 16.5. The molecule has 1 saturated heterocycles. The molecule has 0 radical (unpaired) electrons. The monoisotopic (exact) mass is 382 g/mol. The molecule has 1 aliphatic carbocycles. The van der Waals surface area contributed by atoms with Crippen LogP contribution in [-0.4, -0.2) is 40.4 Å². The van der Waals surface area contributed by atoms with Gasteiger partial charge in [-0.05, 0) is 44.1 Å². The number of hydrogen-bond donors (Lipinski definition) is 1.